The van der Waals surface area contributed by atoms with Gasteiger partial charge in [-0.25, -0.2) is 0 Å². The molecule has 0 aliphatic rings. The zero-order chi connectivity index (χ0) is 22.7. The van der Waals surface area contributed by atoms with Gasteiger partial charge in [-0.3, -0.25) is 9.59 Å². The fourth-order valence-electron chi connectivity index (χ4n) is 4.06. The Balaban J connectivity index is 1.41. The summed E-state index contributed by atoms with van der Waals surface area (Å²) in [6.07, 6.45) is 1.65. The van der Waals surface area contributed by atoms with Crippen molar-refractivity contribution in [2.75, 3.05) is 31.3 Å². The normalized spacial score (nSPS) is 13.5. The van der Waals surface area contributed by atoms with Crippen LogP contribution < -0.4 is 21.5 Å². The van der Waals surface area contributed by atoms with Gasteiger partial charge in [0, 0.05) is 23.3 Å². The molecule has 0 bridgehead atoms. The molecule has 0 saturated carbocycles. The molecule has 2 N–H and O–H groups in total. The fraction of sp³-hybridized carbons (Fsp3) is 0.308. The lowest BCUT2D eigenvalue weighted by molar-refractivity contribution is 0.303. The Hall–Kier alpha value is -2.96. The predicted octanol–water partition coefficient (Wildman–Crippen LogP) is 4.13. The molecule has 4 aromatic rings. The average molecular weight is 448 g/mol. The summed E-state index contributed by atoms with van der Waals surface area (Å²) in [7, 11) is 4.06. The predicted molar refractivity (Wildman–Crippen MR) is 136 cm³/mol. The summed E-state index contributed by atoms with van der Waals surface area (Å²) in [6.45, 7) is 2.64. The van der Waals surface area contributed by atoms with E-state index in [1.807, 2.05) is 51.4 Å². The number of thiophene rings is 1. The molecule has 0 spiro atoms. The van der Waals surface area contributed by atoms with E-state index in [1.54, 1.807) is 11.3 Å². The van der Waals surface area contributed by atoms with Crippen molar-refractivity contribution in [2.24, 2.45) is 0 Å². The molecule has 5 nitrogen and oxygen atoms in total. The van der Waals surface area contributed by atoms with Crippen molar-refractivity contribution in [2.45, 2.75) is 31.8 Å². The second-order valence-corrected chi connectivity index (χ2v) is 9.51. The number of likely N-dealkylation sites (N-methyl/N-ethyl adjacent to an activating group) is 1. The quantitative estimate of drug-likeness (QED) is 0.358. The molecule has 166 valence electrons. The average Bonchev–Trinajstić information content (AvgIpc) is 3.20. The van der Waals surface area contributed by atoms with Crippen molar-refractivity contribution in [3.63, 3.8) is 0 Å². The number of hydrogen-bond acceptors (Lipinski definition) is 6. The van der Waals surface area contributed by atoms with Gasteiger partial charge in [0.05, 0.1) is 0 Å². The Morgan fingerprint density at radius 1 is 0.906 bits per heavy atom. The summed E-state index contributed by atoms with van der Waals surface area (Å²) in [6, 6.07) is 18.9. The van der Waals surface area contributed by atoms with E-state index in [9.17, 15) is 9.59 Å². The van der Waals surface area contributed by atoms with E-state index < -0.39 is 10.9 Å². The first kappa shape index (κ1) is 22.2. The SMILES string of the molecule is C[C@H](Cc1csc2ccccc12)Nc1c(NC[C@@H](Cc2ccccc2)N(C)C)c(=O)c1=O. The van der Waals surface area contributed by atoms with Gasteiger partial charge in [-0.05, 0) is 61.8 Å². The van der Waals surface area contributed by atoms with Crippen LogP contribution in [0.3, 0.4) is 0 Å². The Bertz CT molecular complexity index is 1260. The molecule has 0 saturated heterocycles. The summed E-state index contributed by atoms with van der Waals surface area (Å²) in [4.78, 5) is 26.7. The summed E-state index contributed by atoms with van der Waals surface area (Å²) in [5, 5.41) is 9.97. The maximum absolute atomic E-state index is 12.3. The first-order valence-corrected chi connectivity index (χ1v) is 11.8. The van der Waals surface area contributed by atoms with E-state index in [0.29, 0.717) is 17.9 Å². The smallest absolute Gasteiger partial charge is 0.253 e. The minimum Gasteiger partial charge on any atom is -0.378 e. The van der Waals surface area contributed by atoms with Crippen LogP contribution in [-0.4, -0.2) is 37.6 Å². The number of hydrogen-bond donors (Lipinski definition) is 2. The van der Waals surface area contributed by atoms with Crippen LogP contribution in [0.2, 0.25) is 0 Å². The lowest BCUT2D eigenvalue weighted by Gasteiger charge is -2.26. The number of fused-ring (bicyclic) bond motifs is 1. The Morgan fingerprint density at radius 2 is 1.59 bits per heavy atom. The Morgan fingerprint density at radius 3 is 2.34 bits per heavy atom. The first-order chi connectivity index (χ1) is 15.4. The van der Waals surface area contributed by atoms with Crippen LogP contribution in [0.15, 0.2) is 69.6 Å². The largest absolute Gasteiger partial charge is 0.378 e. The Labute approximate surface area is 192 Å². The van der Waals surface area contributed by atoms with E-state index in [1.165, 1.54) is 21.2 Å². The van der Waals surface area contributed by atoms with Gasteiger partial charge in [0.15, 0.2) is 0 Å². The third-order valence-corrected chi connectivity index (χ3v) is 6.96. The van der Waals surface area contributed by atoms with Gasteiger partial charge in [0.2, 0.25) is 0 Å². The van der Waals surface area contributed by atoms with Gasteiger partial charge in [-0.2, -0.15) is 0 Å². The van der Waals surface area contributed by atoms with Gasteiger partial charge in [0.1, 0.15) is 11.4 Å². The van der Waals surface area contributed by atoms with E-state index in [-0.39, 0.29) is 12.1 Å². The maximum Gasteiger partial charge on any atom is 0.253 e. The minimum atomic E-state index is -0.432. The van der Waals surface area contributed by atoms with Crippen LogP contribution in [0.25, 0.3) is 10.1 Å². The fourth-order valence-corrected chi connectivity index (χ4v) is 5.04. The van der Waals surface area contributed by atoms with Crippen LogP contribution in [0.1, 0.15) is 18.1 Å². The minimum absolute atomic E-state index is 0.0332. The lowest BCUT2D eigenvalue weighted by atomic mass is 10.0. The molecule has 0 amide bonds. The summed E-state index contributed by atoms with van der Waals surface area (Å²) in [5.41, 5.74) is 2.47. The van der Waals surface area contributed by atoms with Crippen molar-refractivity contribution < 1.29 is 0 Å². The molecular formula is C26H29N3O2S. The molecule has 1 heterocycles. The number of anilines is 2. The van der Waals surface area contributed by atoms with Crippen LogP contribution in [0.4, 0.5) is 11.4 Å². The molecule has 0 aliphatic heterocycles. The molecule has 0 radical (unpaired) electrons. The second kappa shape index (κ2) is 9.67. The molecule has 2 atom stereocenters. The van der Waals surface area contributed by atoms with Gasteiger partial charge in [0.25, 0.3) is 10.9 Å². The van der Waals surface area contributed by atoms with Crippen LogP contribution >= 0.6 is 11.3 Å². The van der Waals surface area contributed by atoms with Gasteiger partial charge < -0.3 is 15.5 Å². The van der Waals surface area contributed by atoms with E-state index in [4.69, 9.17) is 0 Å². The van der Waals surface area contributed by atoms with E-state index in [2.05, 4.69) is 45.2 Å². The molecule has 6 heteroatoms. The third kappa shape index (κ3) is 4.76. The van der Waals surface area contributed by atoms with Crippen LogP contribution in [0, 0.1) is 0 Å². The highest BCUT2D eigenvalue weighted by Crippen LogP contribution is 2.27. The standard InChI is InChI=1S/C26H29N3O2S/c1-17(13-19-16-32-22-12-8-7-11-21(19)22)28-24-23(25(30)26(24)31)27-15-20(29(2)3)14-18-9-5-4-6-10-18/h4-12,16-17,20,27-28H,13-15H2,1-3H3/t17-,20-/m1/s1. The van der Waals surface area contributed by atoms with E-state index >= 15 is 0 Å². The monoisotopic (exact) mass is 447 g/mol. The number of nitrogens with zero attached hydrogens (tertiary/aromatic N) is 1. The molecule has 4 rings (SSSR count). The van der Waals surface area contributed by atoms with Crippen LogP contribution in [-0.2, 0) is 12.8 Å². The molecule has 0 aliphatic carbocycles. The highest BCUT2D eigenvalue weighted by atomic mass is 32.1. The Kier molecular flexibility index (Phi) is 6.72. The summed E-state index contributed by atoms with van der Waals surface area (Å²) < 4.78 is 1.26. The van der Waals surface area contributed by atoms with E-state index in [0.717, 1.165) is 12.8 Å². The van der Waals surface area contributed by atoms with Crippen LogP contribution in [0.5, 0.6) is 0 Å². The van der Waals surface area contributed by atoms with Gasteiger partial charge >= 0.3 is 0 Å². The number of nitrogens with one attached hydrogen (secondary N) is 2. The molecule has 1 aromatic heterocycles. The molecule has 0 unspecified atom stereocenters. The molecule has 32 heavy (non-hydrogen) atoms. The topological polar surface area (TPSA) is 61.4 Å². The third-order valence-electron chi connectivity index (χ3n) is 5.95. The van der Waals surface area contributed by atoms with Gasteiger partial charge in [-0.1, -0.05) is 48.5 Å². The first-order valence-electron chi connectivity index (χ1n) is 10.9. The number of rotatable bonds is 10. The molecular weight excluding hydrogens is 418 g/mol. The van der Waals surface area contributed by atoms with Gasteiger partial charge in [-0.15, -0.1) is 11.3 Å². The molecule has 3 aromatic carbocycles. The summed E-state index contributed by atoms with van der Waals surface area (Å²) >= 11 is 1.73. The highest BCUT2D eigenvalue weighted by Gasteiger charge is 2.24. The van der Waals surface area contributed by atoms with Crippen molar-refractivity contribution in [1.29, 1.82) is 0 Å². The second-order valence-electron chi connectivity index (χ2n) is 8.60. The molecule has 0 fully saturated rings. The van der Waals surface area contributed by atoms with Crippen molar-refractivity contribution >= 4 is 32.8 Å². The zero-order valence-corrected chi connectivity index (χ0v) is 19.5. The van der Waals surface area contributed by atoms with Crippen molar-refractivity contribution in [3.8, 4) is 0 Å². The zero-order valence-electron chi connectivity index (χ0n) is 18.7. The summed E-state index contributed by atoms with van der Waals surface area (Å²) in [5.74, 6) is 0. The van der Waals surface area contributed by atoms with Crippen molar-refractivity contribution in [3.05, 3.63) is 91.6 Å². The maximum atomic E-state index is 12.3. The van der Waals surface area contributed by atoms with Crippen molar-refractivity contribution in [1.82, 2.24) is 4.90 Å². The lowest BCUT2D eigenvalue weighted by Crippen LogP contribution is -2.43. The number of benzene rings is 2. The highest BCUT2D eigenvalue weighted by molar-refractivity contribution is 7.17.